The van der Waals surface area contributed by atoms with Crippen LogP contribution in [0.4, 0.5) is 0 Å². The summed E-state index contributed by atoms with van der Waals surface area (Å²) in [6.07, 6.45) is 3.98. The molecular formula is C11H21N3S. The van der Waals surface area contributed by atoms with Gasteiger partial charge in [-0.1, -0.05) is 0 Å². The van der Waals surface area contributed by atoms with Gasteiger partial charge in [0, 0.05) is 31.7 Å². The SMILES string of the molecule is CCNC(=S)N1CCC2CCC(C1)N2C. The third kappa shape index (κ3) is 2.26. The van der Waals surface area contributed by atoms with Gasteiger partial charge in [0.25, 0.3) is 0 Å². The van der Waals surface area contributed by atoms with Crippen molar-refractivity contribution < 1.29 is 0 Å². The van der Waals surface area contributed by atoms with Crippen molar-refractivity contribution in [3.05, 3.63) is 0 Å². The predicted octanol–water partition coefficient (Wildman–Crippen LogP) is 1.05. The highest BCUT2D eigenvalue weighted by Gasteiger charge is 2.34. The first-order valence-corrected chi connectivity index (χ1v) is 6.38. The molecule has 2 saturated heterocycles. The summed E-state index contributed by atoms with van der Waals surface area (Å²) in [5.41, 5.74) is 0. The van der Waals surface area contributed by atoms with E-state index in [1.54, 1.807) is 0 Å². The number of nitrogens with zero attached hydrogens (tertiary/aromatic N) is 2. The van der Waals surface area contributed by atoms with E-state index in [2.05, 4.69) is 29.1 Å². The zero-order valence-corrected chi connectivity index (χ0v) is 10.5. The van der Waals surface area contributed by atoms with Crippen LogP contribution in [0, 0.1) is 0 Å². The second kappa shape index (κ2) is 4.66. The lowest BCUT2D eigenvalue weighted by Crippen LogP contribution is -2.44. The van der Waals surface area contributed by atoms with Crippen LogP contribution in [-0.2, 0) is 0 Å². The van der Waals surface area contributed by atoms with E-state index in [-0.39, 0.29) is 0 Å². The molecule has 3 nitrogen and oxygen atoms in total. The lowest BCUT2D eigenvalue weighted by atomic mass is 10.1. The van der Waals surface area contributed by atoms with Gasteiger partial charge in [-0.2, -0.15) is 0 Å². The summed E-state index contributed by atoms with van der Waals surface area (Å²) in [6.45, 7) is 5.26. The first-order chi connectivity index (χ1) is 7.22. The fourth-order valence-corrected chi connectivity index (χ4v) is 3.07. The van der Waals surface area contributed by atoms with Gasteiger partial charge in [0.15, 0.2) is 5.11 Å². The molecule has 0 aromatic carbocycles. The molecule has 86 valence electrons. The van der Waals surface area contributed by atoms with Gasteiger partial charge in [-0.3, -0.25) is 4.90 Å². The van der Waals surface area contributed by atoms with Gasteiger partial charge >= 0.3 is 0 Å². The number of rotatable bonds is 1. The largest absolute Gasteiger partial charge is 0.363 e. The zero-order chi connectivity index (χ0) is 10.8. The van der Waals surface area contributed by atoms with Crippen molar-refractivity contribution >= 4 is 17.3 Å². The molecule has 2 bridgehead atoms. The Labute approximate surface area is 97.8 Å². The van der Waals surface area contributed by atoms with E-state index in [0.717, 1.165) is 30.8 Å². The molecule has 4 heteroatoms. The Bertz CT molecular complexity index is 244. The van der Waals surface area contributed by atoms with Crippen molar-refractivity contribution in [1.29, 1.82) is 0 Å². The number of nitrogens with one attached hydrogen (secondary N) is 1. The van der Waals surface area contributed by atoms with Crippen molar-refractivity contribution in [3.8, 4) is 0 Å². The topological polar surface area (TPSA) is 18.5 Å². The maximum absolute atomic E-state index is 5.38. The monoisotopic (exact) mass is 227 g/mol. The van der Waals surface area contributed by atoms with Gasteiger partial charge in [0.1, 0.15) is 0 Å². The molecule has 2 rings (SSSR count). The molecule has 2 aliphatic rings. The minimum atomic E-state index is 0.717. The number of hydrogen-bond acceptors (Lipinski definition) is 2. The van der Waals surface area contributed by atoms with Gasteiger partial charge in [0.05, 0.1) is 0 Å². The molecule has 2 atom stereocenters. The van der Waals surface area contributed by atoms with Crippen molar-refractivity contribution in [2.45, 2.75) is 38.3 Å². The summed E-state index contributed by atoms with van der Waals surface area (Å²) in [5.74, 6) is 0. The molecular weight excluding hydrogens is 206 g/mol. The molecule has 15 heavy (non-hydrogen) atoms. The molecule has 0 aliphatic carbocycles. The molecule has 0 radical (unpaired) electrons. The average Bonchev–Trinajstić information content (AvgIpc) is 2.41. The van der Waals surface area contributed by atoms with Crippen molar-refractivity contribution in [1.82, 2.24) is 15.1 Å². The Morgan fingerprint density at radius 2 is 2.07 bits per heavy atom. The highest BCUT2D eigenvalue weighted by atomic mass is 32.1. The number of likely N-dealkylation sites (tertiary alicyclic amines) is 1. The second-order valence-electron chi connectivity index (χ2n) is 4.62. The van der Waals surface area contributed by atoms with Crippen molar-refractivity contribution in [2.75, 3.05) is 26.7 Å². The van der Waals surface area contributed by atoms with E-state index in [1.165, 1.54) is 19.3 Å². The molecule has 0 amide bonds. The summed E-state index contributed by atoms with van der Waals surface area (Å²) < 4.78 is 0. The Morgan fingerprint density at radius 3 is 2.80 bits per heavy atom. The van der Waals surface area contributed by atoms with Crippen LogP contribution in [0.25, 0.3) is 0 Å². The Hall–Kier alpha value is -0.350. The van der Waals surface area contributed by atoms with Gasteiger partial charge in [-0.05, 0) is 45.5 Å². The van der Waals surface area contributed by atoms with Gasteiger partial charge in [-0.15, -0.1) is 0 Å². The summed E-state index contributed by atoms with van der Waals surface area (Å²) in [7, 11) is 2.27. The zero-order valence-electron chi connectivity index (χ0n) is 9.70. The molecule has 0 saturated carbocycles. The van der Waals surface area contributed by atoms with E-state index in [9.17, 15) is 0 Å². The number of thiocarbonyl (C=S) groups is 1. The summed E-state index contributed by atoms with van der Waals surface area (Å²) in [5, 5.41) is 4.20. The van der Waals surface area contributed by atoms with Crippen LogP contribution >= 0.6 is 12.2 Å². The smallest absolute Gasteiger partial charge is 0.168 e. The Morgan fingerprint density at radius 1 is 1.33 bits per heavy atom. The minimum absolute atomic E-state index is 0.717. The van der Waals surface area contributed by atoms with Crippen LogP contribution < -0.4 is 5.32 Å². The molecule has 0 aromatic heterocycles. The maximum Gasteiger partial charge on any atom is 0.168 e. The molecule has 2 heterocycles. The number of fused-ring (bicyclic) bond motifs is 2. The molecule has 2 unspecified atom stereocenters. The first kappa shape index (κ1) is 11.1. The fraction of sp³-hybridized carbons (Fsp3) is 0.909. The molecule has 2 aliphatic heterocycles. The summed E-state index contributed by atoms with van der Waals surface area (Å²) >= 11 is 5.38. The average molecular weight is 227 g/mol. The molecule has 0 spiro atoms. The second-order valence-corrected chi connectivity index (χ2v) is 5.01. The van der Waals surface area contributed by atoms with Crippen LogP contribution in [0.2, 0.25) is 0 Å². The van der Waals surface area contributed by atoms with Crippen LogP contribution in [0.5, 0.6) is 0 Å². The van der Waals surface area contributed by atoms with E-state index >= 15 is 0 Å². The number of hydrogen-bond donors (Lipinski definition) is 1. The fourth-order valence-electron chi connectivity index (χ4n) is 2.76. The first-order valence-electron chi connectivity index (χ1n) is 5.97. The highest BCUT2D eigenvalue weighted by Crippen LogP contribution is 2.28. The normalized spacial score (nSPS) is 31.5. The standard InChI is InChI=1S/C11H21N3S/c1-3-12-11(15)14-7-6-9-4-5-10(8-14)13(9)2/h9-10H,3-8H2,1-2H3,(H,12,15). The molecule has 1 N–H and O–H groups in total. The van der Waals surface area contributed by atoms with Crippen LogP contribution in [0.15, 0.2) is 0 Å². The Kier molecular flexibility index (Phi) is 3.46. The third-order valence-electron chi connectivity index (χ3n) is 3.76. The number of likely N-dealkylation sites (N-methyl/N-ethyl adjacent to an activating group) is 1. The summed E-state index contributed by atoms with van der Waals surface area (Å²) in [6, 6.07) is 1.51. The van der Waals surface area contributed by atoms with E-state index in [1.807, 2.05) is 0 Å². The van der Waals surface area contributed by atoms with E-state index in [4.69, 9.17) is 12.2 Å². The highest BCUT2D eigenvalue weighted by molar-refractivity contribution is 7.80. The van der Waals surface area contributed by atoms with E-state index < -0.39 is 0 Å². The summed E-state index contributed by atoms with van der Waals surface area (Å²) in [4.78, 5) is 4.90. The van der Waals surface area contributed by atoms with E-state index in [0.29, 0.717) is 6.04 Å². The van der Waals surface area contributed by atoms with Gasteiger partial charge in [0.2, 0.25) is 0 Å². The van der Waals surface area contributed by atoms with Crippen molar-refractivity contribution in [2.24, 2.45) is 0 Å². The Balaban J connectivity index is 1.97. The van der Waals surface area contributed by atoms with Crippen LogP contribution in [0.3, 0.4) is 0 Å². The lowest BCUT2D eigenvalue weighted by Gasteiger charge is -2.27. The molecule has 2 fully saturated rings. The van der Waals surface area contributed by atoms with Crippen LogP contribution in [0.1, 0.15) is 26.2 Å². The third-order valence-corrected chi connectivity index (χ3v) is 4.17. The van der Waals surface area contributed by atoms with Gasteiger partial charge in [-0.25, -0.2) is 0 Å². The maximum atomic E-state index is 5.38. The lowest BCUT2D eigenvalue weighted by molar-refractivity contribution is 0.245. The predicted molar refractivity (Wildman–Crippen MR) is 67.0 cm³/mol. The molecule has 0 aromatic rings. The van der Waals surface area contributed by atoms with Gasteiger partial charge < -0.3 is 10.2 Å². The quantitative estimate of drug-likeness (QED) is 0.675. The minimum Gasteiger partial charge on any atom is -0.363 e. The van der Waals surface area contributed by atoms with Crippen molar-refractivity contribution in [3.63, 3.8) is 0 Å². The van der Waals surface area contributed by atoms with Crippen LogP contribution in [-0.4, -0.2) is 53.7 Å².